The maximum Gasteiger partial charge on any atom is 0.433 e. The molecule has 146 valence electrons. The summed E-state index contributed by atoms with van der Waals surface area (Å²) >= 11 is 0. The molecule has 8 nitrogen and oxygen atoms in total. The number of nitrogens with zero attached hydrogens (tertiary/aromatic N) is 4. The first-order chi connectivity index (χ1) is 12.6. The molecule has 1 aliphatic carbocycles. The summed E-state index contributed by atoms with van der Waals surface area (Å²) in [5.74, 6) is 0.330. The third-order valence-electron chi connectivity index (χ3n) is 5.28. The average Bonchev–Trinajstić information content (AvgIpc) is 3.06. The Hall–Kier alpha value is -2.05. The van der Waals surface area contributed by atoms with Crippen molar-refractivity contribution in [3.05, 3.63) is 29.7 Å². The van der Waals surface area contributed by atoms with Gasteiger partial charge in [-0.3, -0.25) is 0 Å². The van der Waals surface area contributed by atoms with Crippen LogP contribution in [0.25, 0.3) is 11.6 Å². The van der Waals surface area contributed by atoms with Crippen LogP contribution in [0.3, 0.4) is 0 Å². The highest BCUT2D eigenvalue weighted by Crippen LogP contribution is 2.64. The van der Waals surface area contributed by atoms with E-state index >= 15 is 0 Å². The third kappa shape index (κ3) is 3.44. The fourth-order valence-electron chi connectivity index (χ4n) is 3.64. The highest BCUT2D eigenvalue weighted by Gasteiger charge is 2.58. The highest BCUT2D eigenvalue weighted by molar-refractivity contribution is 7.86. The normalized spacial score (nSPS) is 22.9. The van der Waals surface area contributed by atoms with Crippen LogP contribution in [0, 0.1) is 5.41 Å². The van der Waals surface area contributed by atoms with Crippen molar-refractivity contribution in [2.45, 2.75) is 31.4 Å². The Morgan fingerprint density at radius 2 is 1.93 bits per heavy atom. The van der Waals surface area contributed by atoms with Crippen LogP contribution in [0.15, 0.2) is 22.7 Å². The van der Waals surface area contributed by atoms with E-state index in [1.54, 1.807) is 0 Å². The molecule has 1 atom stereocenters. The topological polar surface area (TPSA) is 115 Å². The first-order valence-corrected chi connectivity index (χ1v) is 9.75. The fraction of sp³-hybridized carbons (Fsp3) is 0.533. The highest BCUT2D eigenvalue weighted by atomic mass is 32.2. The van der Waals surface area contributed by atoms with E-state index in [4.69, 9.17) is 9.66 Å². The zero-order valence-corrected chi connectivity index (χ0v) is 14.8. The first kappa shape index (κ1) is 18.3. The summed E-state index contributed by atoms with van der Waals surface area (Å²) in [7, 11) is -3.70. The number of aromatic nitrogens is 3. The van der Waals surface area contributed by atoms with Crippen LogP contribution in [-0.2, 0) is 16.4 Å². The van der Waals surface area contributed by atoms with Gasteiger partial charge in [-0.1, -0.05) is 11.2 Å². The molecule has 2 aliphatic rings. The van der Waals surface area contributed by atoms with Crippen molar-refractivity contribution < 1.29 is 26.1 Å². The Balaban J connectivity index is 1.49. The summed E-state index contributed by atoms with van der Waals surface area (Å²) in [6, 6.07) is 3.48. The number of nitrogens with two attached hydrogens (primary N) is 1. The molecule has 3 heterocycles. The molecule has 2 N–H and O–H groups in total. The third-order valence-corrected chi connectivity index (χ3v) is 6.36. The van der Waals surface area contributed by atoms with Gasteiger partial charge in [-0.25, -0.2) is 10.1 Å². The zero-order valence-electron chi connectivity index (χ0n) is 14.0. The molecule has 0 bridgehead atoms. The summed E-state index contributed by atoms with van der Waals surface area (Å²) in [4.78, 5) is 7.76. The lowest BCUT2D eigenvalue weighted by Crippen LogP contribution is -2.43. The number of piperidine rings is 1. The number of hydrogen-bond donors (Lipinski definition) is 1. The Morgan fingerprint density at radius 3 is 2.56 bits per heavy atom. The molecule has 1 saturated heterocycles. The lowest BCUT2D eigenvalue weighted by atomic mass is 9.92. The smallest absolute Gasteiger partial charge is 0.332 e. The van der Waals surface area contributed by atoms with Gasteiger partial charge in [0.25, 0.3) is 16.1 Å². The van der Waals surface area contributed by atoms with Crippen LogP contribution in [0.4, 0.5) is 13.2 Å². The van der Waals surface area contributed by atoms with E-state index in [9.17, 15) is 21.6 Å². The lowest BCUT2D eigenvalue weighted by molar-refractivity contribution is -0.141. The van der Waals surface area contributed by atoms with Crippen molar-refractivity contribution in [3.63, 3.8) is 0 Å². The van der Waals surface area contributed by atoms with Gasteiger partial charge in [0.1, 0.15) is 11.4 Å². The Labute approximate surface area is 152 Å². The van der Waals surface area contributed by atoms with Crippen LogP contribution >= 0.6 is 0 Å². The molecule has 1 aliphatic heterocycles. The summed E-state index contributed by atoms with van der Waals surface area (Å²) < 4.78 is 67.5. The molecule has 0 unspecified atom stereocenters. The number of rotatable bonds is 3. The van der Waals surface area contributed by atoms with Crippen molar-refractivity contribution in [1.82, 2.24) is 19.4 Å². The molecule has 1 saturated carbocycles. The van der Waals surface area contributed by atoms with Crippen LogP contribution < -0.4 is 5.14 Å². The van der Waals surface area contributed by atoms with Crippen LogP contribution in [0.5, 0.6) is 0 Å². The van der Waals surface area contributed by atoms with Crippen LogP contribution in [0.1, 0.15) is 36.7 Å². The van der Waals surface area contributed by atoms with Crippen molar-refractivity contribution in [1.29, 1.82) is 0 Å². The van der Waals surface area contributed by atoms with E-state index in [1.807, 2.05) is 0 Å². The molecule has 12 heteroatoms. The monoisotopic (exact) mass is 403 g/mol. The summed E-state index contributed by atoms with van der Waals surface area (Å²) in [5.41, 5.74) is -1.18. The molecule has 2 aromatic rings. The molecule has 0 aromatic carbocycles. The molecular weight excluding hydrogens is 387 g/mol. The molecule has 0 amide bonds. The zero-order chi connectivity index (χ0) is 19.4. The SMILES string of the molecule is NS(=O)(=O)N1CCC2(CC1)C[C@H]2c1noc(-c2cccc(C(F)(F)F)n2)n1. The van der Waals surface area contributed by atoms with Gasteiger partial charge in [-0.05, 0) is 36.8 Å². The van der Waals surface area contributed by atoms with E-state index in [0.717, 1.165) is 12.5 Å². The fourth-order valence-corrected chi connectivity index (χ4v) is 4.34. The molecule has 4 rings (SSSR count). The van der Waals surface area contributed by atoms with Crippen LogP contribution in [0.2, 0.25) is 0 Å². The average molecular weight is 403 g/mol. The minimum Gasteiger partial charge on any atom is -0.332 e. The minimum atomic E-state index is -4.56. The van der Waals surface area contributed by atoms with Crippen molar-refractivity contribution in [3.8, 4) is 11.6 Å². The van der Waals surface area contributed by atoms with Crippen molar-refractivity contribution in [2.24, 2.45) is 10.6 Å². The molecular formula is C15H16F3N5O3S. The van der Waals surface area contributed by atoms with Gasteiger partial charge in [0, 0.05) is 19.0 Å². The van der Waals surface area contributed by atoms with E-state index in [1.165, 1.54) is 16.4 Å². The second kappa shape index (κ2) is 5.97. The van der Waals surface area contributed by atoms with Gasteiger partial charge in [0.05, 0.1) is 0 Å². The lowest BCUT2D eigenvalue weighted by Gasteiger charge is -2.30. The van der Waals surface area contributed by atoms with Gasteiger partial charge in [-0.15, -0.1) is 0 Å². The second-order valence-corrected chi connectivity index (χ2v) is 8.47. The summed E-state index contributed by atoms with van der Waals surface area (Å²) in [5, 5.41) is 9.05. The molecule has 0 radical (unpaired) electrons. The maximum absolute atomic E-state index is 12.8. The van der Waals surface area contributed by atoms with Gasteiger partial charge in [-0.2, -0.15) is 30.9 Å². The van der Waals surface area contributed by atoms with Crippen molar-refractivity contribution in [2.75, 3.05) is 13.1 Å². The number of pyridine rings is 1. The molecule has 27 heavy (non-hydrogen) atoms. The van der Waals surface area contributed by atoms with Gasteiger partial charge in [0.2, 0.25) is 0 Å². The van der Waals surface area contributed by atoms with E-state index in [-0.39, 0.29) is 22.9 Å². The largest absolute Gasteiger partial charge is 0.433 e. The molecule has 2 aromatic heterocycles. The Bertz CT molecular complexity index is 967. The summed E-state index contributed by atoms with van der Waals surface area (Å²) in [6.45, 7) is 0.657. The Morgan fingerprint density at radius 1 is 1.22 bits per heavy atom. The van der Waals surface area contributed by atoms with Gasteiger partial charge < -0.3 is 4.52 Å². The predicted molar refractivity (Wildman–Crippen MR) is 86.2 cm³/mol. The van der Waals surface area contributed by atoms with E-state index in [2.05, 4.69) is 15.1 Å². The quantitative estimate of drug-likeness (QED) is 0.837. The minimum absolute atomic E-state index is 0.0107. The molecule has 2 fully saturated rings. The second-order valence-electron chi connectivity index (χ2n) is 6.93. The van der Waals surface area contributed by atoms with Gasteiger partial charge >= 0.3 is 6.18 Å². The molecule has 1 spiro atoms. The summed E-state index contributed by atoms with van der Waals surface area (Å²) in [6.07, 6.45) is -2.53. The number of alkyl halides is 3. The first-order valence-electron chi connectivity index (χ1n) is 8.25. The predicted octanol–water partition coefficient (Wildman–Crippen LogP) is 1.92. The number of hydrogen-bond acceptors (Lipinski definition) is 6. The maximum atomic E-state index is 12.8. The standard InChI is InChI=1S/C15H16F3N5O3S/c16-15(17,18)11-3-1-2-10(20-11)13-21-12(22-26-13)9-8-14(9)4-6-23(7-5-14)27(19,24)25/h1-3,9H,4-8H2,(H2,19,24,25)/t9-/m0/s1. The van der Waals surface area contributed by atoms with E-state index in [0.29, 0.717) is 31.8 Å². The number of halogens is 3. The van der Waals surface area contributed by atoms with Gasteiger partial charge in [0.15, 0.2) is 5.82 Å². The van der Waals surface area contributed by atoms with E-state index < -0.39 is 22.1 Å². The van der Waals surface area contributed by atoms with Crippen molar-refractivity contribution >= 4 is 10.2 Å². The Kier molecular flexibility index (Phi) is 4.05. The van der Waals surface area contributed by atoms with Crippen LogP contribution in [-0.4, -0.2) is 40.9 Å².